The average Bonchev–Trinajstić information content (AvgIpc) is 2.47. The summed E-state index contributed by atoms with van der Waals surface area (Å²) in [6.07, 6.45) is 4.84. The number of sulfone groups is 1. The fraction of sp³-hybridized carbons (Fsp3) is 0.625. The summed E-state index contributed by atoms with van der Waals surface area (Å²) in [7, 11) is -3.42. The minimum absolute atomic E-state index is 0.107. The molecule has 1 unspecified atom stereocenters. The Morgan fingerprint density at radius 2 is 2.05 bits per heavy atom. The maximum absolute atomic E-state index is 12.6. The smallest absolute Gasteiger partial charge is 0.178 e. The highest BCUT2D eigenvalue weighted by Crippen LogP contribution is 2.28. The minimum atomic E-state index is -3.42. The van der Waals surface area contributed by atoms with Crippen molar-refractivity contribution in [2.45, 2.75) is 49.5 Å². The van der Waals surface area contributed by atoms with Crippen LogP contribution in [0.15, 0.2) is 29.1 Å². The van der Waals surface area contributed by atoms with Crippen molar-refractivity contribution in [3.63, 3.8) is 0 Å². The van der Waals surface area contributed by atoms with Gasteiger partial charge >= 0.3 is 0 Å². The molecule has 0 bridgehead atoms. The lowest BCUT2D eigenvalue weighted by Gasteiger charge is -2.21. The van der Waals surface area contributed by atoms with Crippen LogP contribution in [0, 0.1) is 5.92 Å². The van der Waals surface area contributed by atoms with E-state index in [1.807, 2.05) is 0 Å². The Labute approximate surface area is 128 Å². The van der Waals surface area contributed by atoms with E-state index in [9.17, 15) is 13.5 Å². The molecule has 1 aromatic rings. The van der Waals surface area contributed by atoms with Gasteiger partial charge in [-0.25, -0.2) is 8.42 Å². The van der Waals surface area contributed by atoms with E-state index in [4.69, 9.17) is 7.10 Å². The van der Waals surface area contributed by atoms with Gasteiger partial charge in [0.25, 0.3) is 0 Å². The Balaban J connectivity index is 2.22. The van der Waals surface area contributed by atoms with Crippen molar-refractivity contribution in [2.75, 3.05) is 12.3 Å². The Morgan fingerprint density at radius 3 is 2.71 bits per heavy atom. The highest BCUT2D eigenvalue weighted by molar-refractivity contribution is 7.91. The molecule has 0 aromatic heterocycles. The molecule has 5 heteroatoms. The highest BCUT2D eigenvalue weighted by atomic mass is 32.2. The molecule has 1 aromatic carbocycles. The van der Waals surface area contributed by atoms with Crippen LogP contribution in [-0.4, -0.2) is 25.8 Å². The standard InChI is InChI=1S/C16H25NO3S/c17-10-9-16(18)14-7-4-8-15(11-14)21(19,20)12-13-5-2-1-3-6-13/h4,7-8,11,13,16,18H,1-3,5-6,9-10,12,17H2/i4D. The van der Waals surface area contributed by atoms with Gasteiger partial charge in [0, 0.05) is 0 Å². The van der Waals surface area contributed by atoms with Crippen LogP contribution in [0.25, 0.3) is 0 Å². The Bertz CT molecular complexity index is 597. The third-order valence-electron chi connectivity index (χ3n) is 4.15. The predicted molar refractivity (Wildman–Crippen MR) is 83.7 cm³/mol. The normalized spacial score (nSPS) is 19.2. The lowest BCUT2D eigenvalue weighted by molar-refractivity contribution is 0.170. The summed E-state index contributed by atoms with van der Waals surface area (Å²) in [5, 5.41) is 10.00. The largest absolute Gasteiger partial charge is 0.388 e. The summed E-state index contributed by atoms with van der Waals surface area (Å²) >= 11 is 0. The van der Waals surface area contributed by atoms with Gasteiger partial charge in [-0.05, 0) is 49.4 Å². The van der Waals surface area contributed by atoms with Crippen LogP contribution in [-0.2, 0) is 9.84 Å². The van der Waals surface area contributed by atoms with E-state index >= 15 is 0 Å². The van der Waals surface area contributed by atoms with E-state index in [0.29, 0.717) is 18.5 Å². The van der Waals surface area contributed by atoms with Gasteiger partial charge in [-0.1, -0.05) is 31.4 Å². The molecule has 3 N–H and O–H groups in total. The van der Waals surface area contributed by atoms with Crippen molar-refractivity contribution >= 4 is 9.84 Å². The monoisotopic (exact) mass is 312 g/mol. The van der Waals surface area contributed by atoms with Crippen LogP contribution in [0.4, 0.5) is 0 Å². The number of rotatable bonds is 6. The van der Waals surface area contributed by atoms with Crippen LogP contribution >= 0.6 is 0 Å². The number of aliphatic hydroxyl groups is 1. The number of nitrogens with two attached hydrogens (primary N) is 1. The summed E-state index contributed by atoms with van der Waals surface area (Å²) in [5.41, 5.74) is 5.89. The Hall–Kier alpha value is -0.910. The molecule has 0 spiro atoms. The van der Waals surface area contributed by atoms with E-state index in [-0.39, 0.29) is 22.6 Å². The molecule has 1 aliphatic carbocycles. The highest BCUT2D eigenvalue weighted by Gasteiger charge is 2.23. The molecule has 1 saturated carbocycles. The predicted octanol–water partition coefficient (Wildman–Crippen LogP) is 2.42. The van der Waals surface area contributed by atoms with Crippen molar-refractivity contribution in [1.82, 2.24) is 0 Å². The minimum Gasteiger partial charge on any atom is -0.388 e. The Morgan fingerprint density at radius 1 is 1.33 bits per heavy atom. The topological polar surface area (TPSA) is 80.4 Å². The molecule has 0 heterocycles. The number of hydrogen-bond donors (Lipinski definition) is 2. The average molecular weight is 312 g/mol. The Kier molecular flexibility index (Phi) is 5.27. The second-order valence-electron chi connectivity index (χ2n) is 5.88. The first-order chi connectivity index (χ1) is 10.4. The molecule has 0 radical (unpaired) electrons. The molecular weight excluding hydrogens is 286 g/mol. The molecule has 1 aliphatic rings. The second kappa shape index (κ2) is 7.38. The first kappa shape index (κ1) is 15.0. The van der Waals surface area contributed by atoms with Crippen molar-refractivity contribution in [1.29, 1.82) is 0 Å². The maximum Gasteiger partial charge on any atom is 0.178 e. The van der Waals surface area contributed by atoms with Crippen molar-refractivity contribution in [3.05, 3.63) is 29.8 Å². The zero-order valence-corrected chi connectivity index (χ0v) is 13.1. The molecule has 1 atom stereocenters. The summed E-state index contributed by atoms with van der Waals surface area (Å²) in [6, 6.07) is 4.48. The lowest BCUT2D eigenvalue weighted by atomic mass is 9.91. The van der Waals surface area contributed by atoms with Crippen molar-refractivity contribution < 1.29 is 14.9 Å². The van der Waals surface area contributed by atoms with E-state index in [1.54, 1.807) is 0 Å². The fourth-order valence-electron chi connectivity index (χ4n) is 2.92. The quantitative estimate of drug-likeness (QED) is 0.845. The summed E-state index contributed by atoms with van der Waals surface area (Å²) in [4.78, 5) is 0.150. The second-order valence-corrected chi connectivity index (χ2v) is 7.91. The molecule has 21 heavy (non-hydrogen) atoms. The van der Waals surface area contributed by atoms with E-state index in [1.165, 1.54) is 24.6 Å². The molecule has 0 saturated heterocycles. The molecular formula is C16H25NO3S. The van der Waals surface area contributed by atoms with Gasteiger partial charge in [-0.15, -0.1) is 0 Å². The zero-order valence-electron chi connectivity index (χ0n) is 13.3. The molecule has 1 fully saturated rings. The van der Waals surface area contributed by atoms with Crippen LogP contribution < -0.4 is 5.73 Å². The molecule has 0 aliphatic heterocycles. The van der Waals surface area contributed by atoms with Crippen molar-refractivity contribution in [3.8, 4) is 0 Å². The van der Waals surface area contributed by atoms with Crippen LogP contribution in [0.5, 0.6) is 0 Å². The first-order valence-electron chi connectivity index (χ1n) is 8.15. The van der Waals surface area contributed by atoms with Gasteiger partial charge in [-0.2, -0.15) is 0 Å². The number of benzene rings is 1. The van der Waals surface area contributed by atoms with E-state index < -0.39 is 15.9 Å². The van der Waals surface area contributed by atoms with Gasteiger partial charge in [-0.3, -0.25) is 0 Å². The summed E-state index contributed by atoms with van der Waals surface area (Å²) < 4.78 is 33.0. The van der Waals surface area contributed by atoms with E-state index in [2.05, 4.69) is 0 Å². The summed E-state index contributed by atoms with van der Waals surface area (Å²) in [5.74, 6) is 0.355. The van der Waals surface area contributed by atoms with Gasteiger partial charge in [0.05, 0.1) is 18.1 Å². The molecule has 0 amide bonds. The molecule has 2 rings (SSSR count). The van der Waals surface area contributed by atoms with E-state index in [0.717, 1.165) is 25.7 Å². The molecule has 4 nitrogen and oxygen atoms in total. The maximum atomic E-state index is 12.6. The summed E-state index contributed by atoms with van der Waals surface area (Å²) in [6.45, 7) is 0.313. The molecule has 118 valence electrons. The van der Waals surface area contributed by atoms with Crippen LogP contribution in [0.3, 0.4) is 0 Å². The van der Waals surface area contributed by atoms with Gasteiger partial charge in [0.15, 0.2) is 9.84 Å². The number of hydrogen-bond acceptors (Lipinski definition) is 4. The van der Waals surface area contributed by atoms with Crippen LogP contribution in [0.1, 0.15) is 51.6 Å². The third-order valence-corrected chi connectivity index (χ3v) is 6.01. The SMILES string of the molecule is [2H]c1cc(C(O)CCN)cc(S(=O)(=O)CC2CCCCC2)c1. The third kappa shape index (κ3) is 4.53. The van der Waals surface area contributed by atoms with Gasteiger partial charge < -0.3 is 10.8 Å². The first-order valence-corrected chi connectivity index (χ1v) is 9.30. The fourth-order valence-corrected chi connectivity index (χ4v) is 4.63. The van der Waals surface area contributed by atoms with Gasteiger partial charge in [0.1, 0.15) is 0 Å². The lowest BCUT2D eigenvalue weighted by Crippen LogP contribution is -2.19. The van der Waals surface area contributed by atoms with Crippen molar-refractivity contribution in [2.24, 2.45) is 11.7 Å². The number of aliphatic hydroxyl groups excluding tert-OH is 1. The zero-order chi connectivity index (χ0) is 16.2. The van der Waals surface area contributed by atoms with Gasteiger partial charge in [0.2, 0.25) is 0 Å². The van der Waals surface area contributed by atoms with Crippen LogP contribution in [0.2, 0.25) is 0 Å².